The van der Waals surface area contributed by atoms with Crippen LogP contribution in [0.3, 0.4) is 0 Å². The van der Waals surface area contributed by atoms with Crippen LogP contribution in [0.4, 0.5) is 0 Å². The fraction of sp³-hybridized carbons (Fsp3) is 0.0769. The molecule has 0 bridgehead atoms. The SMILES string of the molecule is Cc1cc(Sc2cc(Br)ccc2C(=O)O)n2ncnc2n1. The molecule has 8 heteroatoms. The van der Waals surface area contributed by atoms with E-state index in [4.69, 9.17) is 0 Å². The summed E-state index contributed by atoms with van der Waals surface area (Å²) in [5.41, 5.74) is 1.04. The number of carboxylic acids is 1. The van der Waals surface area contributed by atoms with Gasteiger partial charge >= 0.3 is 5.97 Å². The van der Waals surface area contributed by atoms with Gasteiger partial charge in [-0.25, -0.2) is 9.78 Å². The van der Waals surface area contributed by atoms with Crippen molar-refractivity contribution in [1.29, 1.82) is 0 Å². The Hall–Kier alpha value is -1.93. The van der Waals surface area contributed by atoms with Crippen LogP contribution in [0.5, 0.6) is 0 Å². The Labute approximate surface area is 132 Å². The Kier molecular flexibility index (Phi) is 3.64. The lowest BCUT2D eigenvalue weighted by Gasteiger charge is -2.08. The van der Waals surface area contributed by atoms with Crippen LogP contribution < -0.4 is 0 Å². The van der Waals surface area contributed by atoms with E-state index < -0.39 is 5.97 Å². The average Bonchev–Trinajstić information content (AvgIpc) is 2.86. The topological polar surface area (TPSA) is 80.4 Å². The molecule has 0 spiro atoms. The molecule has 0 aliphatic heterocycles. The van der Waals surface area contributed by atoms with Crippen molar-refractivity contribution >= 4 is 39.4 Å². The minimum atomic E-state index is -0.967. The Morgan fingerprint density at radius 2 is 2.19 bits per heavy atom. The van der Waals surface area contributed by atoms with E-state index in [1.54, 1.807) is 22.7 Å². The molecule has 0 aliphatic rings. The van der Waals surface area contributed by atoms with Gasteiger partial charge in [-0.1, -0.05) is 27.7 Å². The van der Waals surface area contributed by atoms with E-state index in [0.29, 0.717) is 10.7 Å². The molecule has 0 saturated carbocycles. The molecule has 2 heterocycles. The van der Waals surface area contributed by atoms with E-state index in [1.165, 1.54) is 18.1 Å². The lowest BCUT2D eigenvalue weighted by Crippen LogP contribution is -2.01. The second-order valence-electron chi connectivity index (χ2n) is 4.26. The standard InChI is InChI=1S/C13H9BrN4O2S/c1-7-4-11(18-13(17-7)15-6-16-18)21-10-5-8(14)2-3-9(10)12(19)20/h2-6H,1H3,(H,19,20). The van der Waals surface area contributed by atoms with Gasteiger partial charge in [0.1, 0.15) is 11.4 Å². The number of benzene rings is 1. The molecule has 0 saturated heterocycles. The van der Waals surface area contributed by atoms with Crippen LogP contribution in [0.15, 0.2) is 45.0 Å². The van der Waals surface area contributed by atoms with Gasteiger partial charge in [0.15, 0.2) is 0 Å². The summed E-state index contributed by atoms with van der Waals surface area (Å²) in [7, 11) is 0. The molecule has 3 aromatic rings. The number of carbonyl (C=O) groups is 1. The van der Waals surface area contributed by atoms with Crippen molar-refractivity contribution < 1.29 is 9.90 Å². The van der Waals surface area contributed by atoms with Crippen LogP contribution in [0.25, 0.3) is 5.78 Å². The fourth-order valence-electron chi connectivity index (χ4n) is 1.84. The second-order valence-corrected chi connectivity index (χ2v) is 6.23. The molecule has 0 amide bonds. The van der Waals surface area contributed by atoms with Crippen molar-refractivity contribution in [3.63, 3.8) is 0 Å². The van der Waals surface area contributed by atoms with Gasteiger partial charge in [-0.15, -0.1) is 0 Å². The average molecular weight is 365 g/mol. The number of halogens is 1. The molecule has 1 N–H and O–H groups in total. The van der Waals surface area contributed by atoms with Gasteiger partial charge in [-0.05, 0) is 31.2 Å². The van der Waals surface area contributed by atoms with Crippen molar-refractivity contribution in [2.24, 2.45) is 0 Å². The zero-order chi connectivity index (χ0) is 15.0. The van der Waals surface area contributed by atoms with Crippen molar-refractivity contribution in [2.75, 3.05) is 0 Å². The number of rotatable bonds is 3. The largest absolute Gasteiger partial charge is 0.478 e. The number of aromatic carboxylic acids is 1. The van der Waals surface area contributed by atoms with Gasteiger partial charge in [0.05, 0.1) is 5.56 Å². The highest BCUT2D eigenvalue weighted by Gasteiger charge is 2.14. The third-order valence-electron chi connectivity index (χ3n) is 2.74. The number of carboxylic acid groups (broad SMARTS) is 1. The van der Waals surface area contributed by atoms with Gasteiger partial charge < -0.3 is 5.11 Å². The van der Waals surface area contributed by atoms with Gasteiger partial charge in [0.25, 0.3) is 5.78 Å². The molecule has 2 aromatic heterocycles. The summed E-state index contributed by atoms with van der Waals surface area (Å²) in [4.78, 5) is 20.3. The zero-order valence-electron chi connectivity index (χ0n) is 10.8. The molecular formula is C13H9BrN4O2S. The van der Waals surface area contributed by atoms with Crippen molar-refractivity contribution in [1.82, 2.24) is 19.6 Å². The molecule has 0 fully saturated rings. The van der Waals surface area contributed by atoms with Gasteiger partial charge in [-0.2, -0.15) is 14.6 Å². The van der Waals surface area contributed by atoms with Crippen molar-refractivity contribution in [3.05, 3.63) is 46.3 Å². The van der Waals surface area contributed by atoms with Crippen LogP contribution >= 0.6 is 27.7 Å². The van der Waals surface area contributed by atoms with Crippen LogP contribution in [-0.4, -0.2) is 30.7 Å². The molecule has 0 radical (unpaired) electrons. The van der Waals surface area contributed by atoms with E-state index in [0.717, 1.165) is 15.2 Å². The van der Waals surface area contributed by atoms with Crippen LogP contribution in [0.2, 0.25) is 0 Å². The molecular weight excluding hydrogens is 356 g/mol. The Morgan fingerprint density at radius 1 is 1.38 bits per heavy atom. The maximum Gasteiger partial charge on any atom is 0.336 e. The van der Waals surface area contributed by atoms with Gasteiger partial charge in [0, 0.05) is 15.1 Å². The highest BCUT2D eigenvalue weighted by atomic mass is 79.9. The van der Waals surface area contributed by atoms with Crippen molar-refractivity contribution in [3.8, 4) is 0 Å². The third kappa shape index (κ3) is 2.77. The fourth-order valence-corrected chi connectivity index (χ4v) is 3.47. The normalized spacial score (nSPS) is 11.0. The molecule has 21 heavy (non-hydrogen) atoms. The number of nitrogens with zero attached hydrogens (tertiary/aromatic N) is 4. The first-order chi connectivity index (χ1) is 10.0. The number of hydrogen-bond acceptors (Lipinski definition) is 5. The van der Waals surface area contributed by atoms with Gasteiger partial charge in [-0.3, -0.25) is 0 Å². The molecule has 0 unspecified atom stereocenters. The highest BCUT2D eigenvalue weighted by Crippen LogP contribution is 2.32. The summed E-state index contributed by atoms with van der Waals surface area (Å²) in [6.45, 7) is 1.86. The monoisotopic (exact) mass is 364 g/mol. The summed E-state index contributed by atoms with van der Waals surface area (Å²) in [5, 5.41) is 14.2. The Morgan fingerprint density at radius 3 is 2.95 bits per heavy atom. The summed E-state index contributed by atoms with van der Waals surface area (Å²) < 4.78 is 2.40. The minimum absolute atomic E-state index is 0.242. The van der Waals surface area contributed by atoms with Gasteiger partial charge in [0.2, 0.25) is 0 Å². The predicted octanol–water partition coefficient (Wildman–Crippen LogP) is 3.04. The minimum Gasteiger partial charge on any atom is -0.478 e. The van der Waals surface area contributed by atoms with Crippen LogP contribution in [0.1, 0.15) is 16.1 Å². The lowest BCUT2D eigenvalue weighted by molar-refractivity contribution is 0.0693. The van der Waals surface area contributed by atoms with E-state index in [-0.39, 0.29) is 5.56 Å². The summed E-state index contributed by atoms with van der Waals surface area (Å²) in [6, 6.07) is 6.89. The van der Waals surface area contributed by atoms with E-state index in [1.807, 2.05) is 13.0 Å². The van der Waals surface area contributed by atoms with Crippen LogP contribution in [0, 0.1) is 6.92 Å². The molecule has 1 aromatic carbocycles. The summed E-state index contributed by atoms with van der Waals surface area (Å²) >= 11 is 4.68. The van der Waals surface area contributed by atoms with Crippen molar-refractivity contribution in [2.45, 2.75) is 16.8 Å². The van der Waals surface area contributed by atoms with E-state index in [2.05, 4.69) is 31.0 Å². The van der Waals surface area contributed by atoms with E-state index in [9.17, 15) is 9.90 Å². The maximum atomic E-state index is 11.3. The molecule has 0 atom stereocenters. The molecule has 0 aliphatic carbocycles. The Bertz CT molecular complexity index is 849. The molecule has 3 rings (SSSR count). The summed E-state index contributed by atoms with van der Waals surface area (Å²) in [6.07, 6.45) is 1.42. The lowest BCUT2D eigenvalue weighted by atomic mass is 10.2. The number of hydrogen-bond donors (Lipinski definition) is 1. The quantitative estimate of drug-likeness (QED) is 0.719. The number of aromatic nitrogens is 4. The number of aryl methyl sites for hydroxylation is 1. The van der Waals surface area contributed by atoms with E-state index >= 15 is 0 Å². The summed E-state index contributed by atoms with van der Waals surface area (Å²) in [5.74, 6) is -0.477. The molecule has 6 nitrogen and oxygen atoms in total. The third-order valence-corrected chi connectivity index (χ3v) is 4.29. The predicted molar refractivity (Wildman–Crippen MR) is 80.7 cm³/mol. The smallest absolute Gasteiger partial charge is 0.336 e. The number of fused-ring (bicyclic) bond motifs is 1. The second kappa shape index (κ2) is 5.45. The zero-order valence-corrected chi connectivity index (χ0v) is 13.2. The first kappa shape index (κ1) is 14.0. The first-order valence-electron chi connectivity index (χ1n) is 5.92. The maximum absolute atomic E-state index is 11.3. The highest BCUT2D eigenvalue weighted by molar-refractivity contribution is 9.10. The molecule has 106 valence electrons. The Balaban J connectivity index is 2.12. The van der Waals surface area contributed by atoms with Crippen LogP contribution in [-0.2, 0) is 0 Å². The first-order valence-corrected chi connectivity index (χ1v) is 7.53.